The minimum Gasteiger partial charge on any atom is -0.393 e. The van der Waals surface area contributed by atoms with E-state index in [1.54, 1.807) is 0 Å². The molecule has 0 radical (unpaired) electrons. The zero-order chi connectivity index (χ0) is 24.2. The highest BCUT2D eigenvalue weighted by atomic mass is 16.3. The molecule has 4 aromatic rings. The number of aliphatic hydroxyl groups excluding tert-OH is 2. The van der Waals surface area contributed by atoms with Gasteiger partial charge in [0.2, 0.25) is 0 Å². The van der Waals surface area contributed by atoms with Crippen molar-refractivity contribution in [1.29, 1.82) is 0 Å². The van der Waals surface area contributed by atoms with Crippen LogP contribution in [0.15, 0.2) is 60.7 Å². The lowest BCUT2D eigenvalue weighted by atomic mass is 9.83. The second-order valence-electron chi connectivity index (χ2n) is 9.89. The molecule has 0 saturated carbocycles. The quantitative estimate of drug-likeness (QED) is 0.284. The molecule has 0 aliphatic rings. The van der Waals surface area contributed by atoms with E-state index in [-0.39, 0.29) is 12.2 Å². The average molecular weight is 455 g/mol. The van der Waals surface area contributed by atoms with Crippen molar-refractivity contribution in [1.82, 2.24) is 0 Å². The zero-order valence-electron chi connectivity index (χ0n) is 21.1. The molecule has 0 heterocycles. The fraction of sp³-hybridized carbons (Fsp3) is 0.375. The number of hydrogen-bond donors (Lipinski definition) is 2. The minimum atomic E-state index is -0.314. The molecule has 2 N–H and O–H groups in total. The van der Waals surface area contributed by atoms with Gasteiger partial charge in [0.1, 0.15) is 0 Å². The van der Waals surface area contributed by atoms with Crippen LogP contribution in [-0.2, 0) is 25.7 Å². The molecule has 2 nitrogen and oxygen atoms in total. The van der Waals surface area contributed by atoms with Crippen LogP contribution in [0, 0.1) is 6.92 Å². The van der Waals surface area contributed by atoms with Gasteiger partial charge in [-0.2, -0.15) is 0 Å². The van der Waals surface area contributed by atoms with E-state index in [1.807, 2.05) is 13.8 Å². The molecule has 0 spiro atoms. The van der Waals surface area contributed by atoms with Crippen molar-refractivity contribution in [3.05, 3.63) is 94.0 Å². The lowest BCUT2D eigenvalue weighted by Gasteiger charge is -2.22. The van der Waals surface area contributed by atoms with Crippen molar-refractivity contribution in [2.45, 2.75) is 78.4 Å². The van der Waals surface area contributed by atoms with Crippen LogP contribution in [0.4, 0.5) is 0 Å². The standard InChI is InChI=1S/C32H38O2/c1-5-27-29-12-8-7-11-25(29)19-26(31(27)17-15-23(4)34)20-32-28(16-14-22(3)33)21(2)18-24-10-6-9-13-30(24)32/h6-13,18-19,22-23,33-34H,5,14-17,20H2,1-4H3. The van der Waals surface area contributed by atoms with Gasteiger partial charge in [-0.15, -0.1) is 0 Å². The second kappa shape index (κ2) is 10.7. The molecule has 0 aromatic heterocycles. The second-order valence-corrected chi connectivity index (χ2v) is 9.89. The van der Waals surface area contributed by atoms with Gasteiger partial charge >= 0.3 is 0 Å². The number of benzene rings is 4. The average Bonchev–Trinajstić information content (AvgIpc) is 2.81. The third-order valence-electron chi connectivity index (χ3n) is 7.21. The maximum absolute atomic E-state index is 10.1. The van der Waals surface area contributed by atoms with Gasteiger partial charge in [0.05, 0.1) is 12.2 Å². The van der Waals surface area contributed by atoms with E-state index in [1.165, 1.54) is 54.9 Å². The minimum absolute atomic E-state index is 0.312. The van der Waals surface area contributed by atoms with Gasteiger partial charge in [-0.1, -0.05) is 67.6 Å². The molecule has 2 atom stereocenters. The number of hydrogen-bond acceptors (Lipinski definition) is 2. The number of aliphatic hydroxyl groups is 2. The molecule has 2 heteroatoms. The molecule has 0 saturated heterocycles. The Bertz CT molecular complexity index is 1280. The first kappa shape index (κ1) is 24.4. The van der Waals surface area contributed by atoms with Gasteiger partial charge in [0, 0.05) is 0 Å². The van der Waals surface area contributed by atoms with Gasteiger partial charge in [-0.3, -0.25) is 0 Å². The molecule has 4 aromatic carbocycles. The first-order valence-corrected chi connectivity index (χ1v) is 12.8. The van der Waals surface area contributed by atoms with Crippen molar-refractivity contribution >= 4 is 21.5 Å². The summed E-state index contributed by atoms with van der Waals surface area (Å²) in [7, 11) is 0. The van der Waals surface area contributed by atoms with Crippen LogP contribution in [0.1, 0.15) is 67.0 Å². The Morgan fingerprint density at radius 2 is 1.21 bits per heavy atom. The summed E-state index contributed by atoms with van der Waals surface area (Å²) < 4.78 is 0. The summed E-state index contributed by atoms with van der Waals surface area (Å²) in [5, 5.41) is 25.3. The Kier molecular flexibility index (Phi) is 7.70. The van der Waals surface area contributed by atoms with E-state index in [4.69, 9.17) is 0 Å². The molecular weight excluding hydrogens is 416 g/mol. The van der Waals surface area contributed by atoms with Crippen LogP contribution in [-0.4, -0.2) is 22.4 Å². The van der Waals surface area contributed by atoms with Crippen LogP contribution in [0.5, 0.6) is 0 Å². The Morgan fingerprint density at radius 3 is 1.79 bits per heavy atom. The molecule has 0 amide bonds. The summed E-state index contributed by atoms with van der Waals surface area (Å²) in [5.74, 6) is 0. The highest BCUT2D eigenvalue weighted by molar-refractivity contribution is 5.90. The largest absolute Gasteiger partial charge is 0.393 e. The van der Waals surface area contributed by atoms with Crippen molar-refractivity contribution in [3.63, 3.8) is 0 Å². The fourth-order valence-corrected chi connectivity index (χ4v) is 5.47. The van der Waals surface area contributed by atoms with Crippen LogP contribution in [0.25, 0.3) is 21.5 Å². The van der Waals surface area contributed by atoms with E-state index >= 15 is 0 Å². The van der Waals surface area contributed by atoms with Crippen molar-refractivity contribution in [2.24, 2.45) is 0 Å². The summed E-state index contributed by atoms with van der Waals surface area (Å²) in [6.07, 6.45) is 4.50. The topological polar surface area (TPSA) is 40.5 Å². The predicted molar refractivity (Wildman–Crippen MR) is 145 cm³/mol. The normalized spacial score (nSPS) is 13.5. The van der Waals surface area contributed by atoms with Gasteiger partial charge in [-0.25, -0.2) is 0 Å². The van der Waals surface area contributed by atoms with Gasteiger partial charge < -0.3 is 10.2 Å². The third kappa shape index (κ3) is 5.19. The fourth-order valence-electron chi connectivity index (χ4n) is 5.47. The molecular formula is C32H38O2. The number of aryl methyl sites for hydroxylation is 2. The summed E-state index contributed by atoms with van der Waals surface area (Å²) in [6, 6.07) is 22.1. The lowest BCUT2D eigenvalue weighted by molar-refractivity contribution is 0.184. The molecule has 0 aliphatic heterocycles. The van der Waals surface area contributed by atoms with Gasteiger partial charge in [0.25, 0.3) is 0 Å². The number of fused-ring (bicyclic) bond motifs is 2. The first-order chi connectivity index (χ1) is 16.4. The Morgan fingerprint density at radius 1 is 0.676 bits per heavy atom. The SMILES string of the molecule is CCc1c(CCC(C)O)c(Cc2c(CCC(C)O)c(C)cc3ccccc23)cc2ccccc12. The monoisotopic (exact) mass is 454 g/mol. The van der Waals surface area contributed by atoms with Crippen LogP contribution in [0.2, 0.25) is 0 Å². The van der Waals surface area contributed by atoms with Crippen LogP contribution in [0.3, 0.4) is 0 Å². The highest BCUT2D eigenvalue weighted by Crippen LogP contribution is 2.34. The Labute approximate surface area is 204 Å². The zero-order valence-corrected chi connectivity index (χ0v) is 21.1. The molecule has 4 rings (SSSR count). The third-order valence-corrected chi connectivity index (χ3v) is 7.21. The molecule has 178 valence electrons. The van der Waals surface area contributed by atoms with E-state index < -0.39 is 0 Å². The Hall–Kier alpha value is -2.68. The maximum Gasteiger partial charge on any atom is 0.0515 e. The molecule has 0 bridgehead atoms. The first-order valence-electron chi connectivity index (χ1n) is 12.8. The summed E-state index contributed by atoms with van der Waals surface area (Å²) in [5.41, 5.74) is 8.23. The Balaban J connectivity index is 1.93. The highest BCUT2D eigenvalue weighted by Gasteiger charge is 2.18. The summed E-state index contributed by atoms with van der Waals surface area (Å²) in [6.45, 7) is 8.21. The smallest absolute Gasteiger partial charge is 0.0515 e. The maximum atomic E-state index is 10.1. The molecule has 0 aliphatic carbocycles. The summed E-state index contributed by atoms with van der Waals surface area (Å²) >= 11 is 0. The molecule has 2 unspecified atom stereocenters. The lowest BCUT2D eigenvalue weighted by Crippen LogP contribution is -2.10. The number of rotatable bonds is 9. The molecule has 34 heavy (non-hydrogen) atoms. The van der Waals surface area contributed by atoms with E-state index in [0.717, 1.165) is 38.5 Å². The summed E-state index contributed by atoms with van der Waals surface area (Å²) in [4.78, 5) is 0. The van der Waals surface area contributed by atoms with Crippen molar-refractivity contribution in [3.8, 4) is 0 Å². The van der Waals surface area contributed by atoms with Gasteiger partial charge in [-0.05, 0) is 114 Å². The van der Waals surface area contributed by atoms with Crippen LogP contribution >= 0.6 is 0 Å². The van der Waals surface area contributed by atoms with Gasteiger partial charge in [0.15, 0.2) is 0 Å². The van der Waals surface area contributed by atoms with E-state index in [0.29, 0.717) is 0 Å². The van der Waals surface area contributed by atoms with Crippen molar-refractivity contribution in [2.75, 3.05) is 0 Å². The predicted octanol–water partition coefficient (Wildman–Crippen LogP) is 7.08. The van der Waals surface area contributed by atoms with Crippen LogP contribution < -0.4 is 0 Å². The molecule has 0 fully saturated rings. The van der Waals surface area contributed by atoms with E-state index in [2.05, 4.69) is 74.5 Å². The van der Waals surface area contributed by atoms with E-state index in [9.17, 15) is 10.2 Å². The van der Waals surface area contributed by atoms with Crippen molar-refractivity contribution < 1.29 is 10.2 Å².